The van der Waals surface area contributed by atoms with Crippen molar-refractivity contribution in [3.05, 3.63) is 59.7 Å². The van der Waals surface area contributed by atoms with E-state index in [-0.39, 0.29) is 18.3 Å². The summed E-state index contributed by atoms with van der Waals surface area (Å²) in [6.07, 6.45) is 0. The number of hydrogen-bond donors (Lipinski definition) is 2. The highest BCUT2D eigenvalue weighted by Crippen LogP contribution is 2.24. The van der Waals surface area contributed by atoms with Gasteiger partial charge in [0.1, 0.15) is 5.75 Å². The van der Waals surface area contributed by atoms with Crippen molar-refractivity contribution in [1.82, 2.24) is 0 Å². The highest BCUT2D eigenvalue weighted by Gasteiger charge is 2.29. The first-order chi connectivity index (χ1) is 12.2. The summed E-state index contributed by atoms with van der Waals surface area (Å²) in [6.45, 7) is 4.49. The molecule has 0 bridgehead atoms. The molecular formula is C20H21NO5. The van der Waals surface area contributed by atoms with Crippen LogP contribution < -0.4 is 10.1 Å². The summed E-state index contributed by atoms with van der Waals surface area (Å²) in [5.74, 6) is -0.922. The Kier molecular flexibility index (Phi) is 5.77. The first-order valence-electron chi connectivity index (χ1n) is 8.08. The van der Waals surface area contributed by atoms with Crippen molar-refractivity contribution in [2.24, 2.45) is 0 Å². The molecule has 0 unspecified atom stereocenters. The van der Waals surface area contributed by atoms with E-state index in [0.717, 1.165) is 0 Å². The third kappa shape index (κ3) is 4.69. The van der Waals surface area contributed by atoms with E-state index in [0.29, 0.717) is 22.6 Å². The zero-order valence-corrected chi connectivity index (χ0v) is 14.9. The van der Waals surface area contributed by atoms with Gasteiger partial charge < -0.3 is 15.2 Å². The number of aliphatic carboxylic acids is 1. The second kappa shape index (κ2) is 7.82. The fraction of sp³-hybridized carbons (Fsp3) is 0.250. The summed E-state index contributed by atoms with van der Waals surface area (Å²) in [4.78, 5) is 34.6. The summed E-state index contributed by atoms with van der Waals surface area (Å²) in [7, 11) is 0. The monoisotopic (exact) mass is 355 g/mol. The topological polar surface area (TPSA) is 92.7 Å². The van der Waals surface area contributed by atoms with E-state index in [1.807, 2.05) is 0 Å². The molecule has 0 spiro atoms. The van der Waals surface area contributed by atoms with Crippen LogP contribution in [0.5, 0.6) is 5.75 Å². The van der Waals surface area contributed by atoms with Crippen molar-refractivity contribution in [2.75, 3.05) is 11.9 Å². The van der Waals surface area contributed by atoms with Crippen molar-refractivity contribution in [3.63, 3.8) is 0 Å². The summed E-state index contributed by atoms with van der Waals surface area (Å²) in [5, 5.41) is 11.9. The number of Topliss-reactive ketones (excluding diaryl/α,β-unsaturated/α-hetero) is 1. The molecule has 0 heterocycles. The molecular weight excluding hydrogens is 334 g/mol. The van der Waals surface area contributed by atoms with Gasteiger partial charge in [-0.15, -0.1) is 0 Å². The van der Waals surface area contributed by atoms with E-state index in [2.05, 4.69) is 5.32 Å². The van der Waals surface area contributed by atoms with Crippen molar-refractivity contribution in [1.29, 1.82) is 0 Å². The molecule has 0 saturated heterocycles. The number of carbonyl (C=O) groups is 3. The molecule has 0 saturated carbocycles. The minimum Gasteiger partial charge on any atom is -0.484 e. The number of rotatable bonds is 7. The summed E-state index contributed by atoms with van der Waals surface area (Å²) < 4.78 is 5.40. The second-order valence-corrected chi connectivity index (χ2v) is 6.43. The van der Waals surface area contributed by atoms with Crippen molar-refractivity contribution >= 4 is 23.3 Å². The van der Waals surface area contributed by atoms with E-state index in [1.165, 1.54) is 6.92 Å². The number of benzene rings is 2. The van der Waals surface area contributed by atoms with E-state index in [9.17, 15) is 19.5 Å². The molecule has 2 rings (SSSR count). The Bertz CT molecular complexity index is 824. The molecule has 0 aliphatic carbocycles. The molecule has 136 valence electrons. The fourth-order valence-electron chi connectivity index (χ4n) is 2.24. The van der Waals surface area contributed by atoms with Gasteiger partial charge in [0.25, 0.3) is 5.91 Å². The standard InChI is InChI=1S/C20H21NO5/c1-13(22)14-5-4-6-17(11-14)26-12-18(23)21-16-9-7-15(8-10-16)20(2,3)19(24)25/h4-11H,12H2,1-3H3,(H,21,23)(H,24,25). The summed E-state index contributed by atoms with van der Waals surface area (Å²) in [5.41, 5.74) is 0.689. The number of anilines is 1. The molecule has 0 radical (unpaired) electrons. The Morgan fingerprint density at radius 1 is 1.08 bits per heavy atom. The predicted octanol–water partition coefficient (Wildman–Crippen LogP) is 3.27. The molecule has 2 aromatic rings. The van der Waals surface area contributed by atoms with E-state index in [1.54, 1.807) is 62.4 Å². The largest absolute Gasteiger partial charge is 0.484 e. The number of amides is 1. The van der Waals surface area contributed by atoms with Gasteiger partial charge >= 0.3 is 5.97 Å². The van der Waals surface area contributed by atoms with Crippen LogP contribution in [0, 0.1) is 0 Å². The quantitative estimate of drug-likeness (QED) is 0.744. The maximum Gasteiger partial charge on any atom is 0.313 e. The first kappa shape index (κ1) is 19.2. The van der Waals surface area contributed by atoms with Crippen LogP contribution in [0.15, 0.2) is 48.5 Å². The van der Waals surface area contributed by atoms with Gasteiger partial charge in [-0.3, -0.25) is 14.4 Å². The molecule has 2 aromatic carbocycles. The third-order valence-electron chi connectivity index (χ3n) is 4.04. The Balaban J connectivity index is 1.95. The number of hydrogen-bond acceptors (Lipinski definition) is 4. The maximum atomic E-state index is 12.0. The minimum atomic E-state index is -1.01. The number of ether oxygens (including phenoxy) is 1. The smallest absolute Gasteiger partial charge is 0.313 e. The van der Waals surface area contributed by atoms with Crippen molar-refractivity contribution in [2.45, 2.75) is 26.2 Å². The number of ketones is 1. The van der Waals surface area contributed by atoms with Crippen LogP contribution in [0.2, 0.25) is 0 Å². The van der Waals surface area contributed by atoms with Crippen LogP contribution in [0.4, 0.5) is 5.69 Å². The number of carbonyl (C=O) groups excluding carboxylic acids is 2. The van der Waals surface area contributed by atoms with Crippen molar-refractivity contribution in [3.8, 4) is 5.75 Å². The zero-order valence-electron chi connectivity index (χ0n) is 14.9. The molecule has 0 aromatic heterocycles. The van der Waals surface area contributed by atoms with Gasteiger partial charge in [0, 0.05) is 11.3 Å². The molecule has 1 amide bonds. The third-order valence-corrected chi connectivity index (χ3v) is 4.04. The van der Waals surface area contributed by atoms with Crippen molar-refractivity contribution < 1.29 is 24.2 Å². The fourth-order valence-corrected chi connectivity index (χ4v) is 2.24. The lowest BCUT2D eigenvalue weighted by molar-refractivity contribution is -0.142. The average molecular weight is 355 g/mol. The number of carboxylic acid groups (broad SMARTS) is 1. The van der Waals surface area contributed by atoms with Crippen LogP contribution in [-0.2, 0) is 15.0 Å². The summed E-state index contributed by atoms with van der Waals surface area (Å²) in [6, 6.07) is 13.2. The molecule has 6 nitrogen and oxygen atoms in total. The predicted molar refractivity (Wildman–Crippen MR) is 97.7 cm³/mol. The molecule has 2 N–H and O–H groups in total. The number of nitrogens with one attached hydrogen (secondary N) is 1. The first-order valence-corrected chi connectivity index (χ1v) is 8.08. The Morgan fingerprint density at radius 3 is 2.31 bits per heavy atom. The van der Waals surface area contributed by atoms with Crippen LogP contribution in [0.25, 0.3) is 0 Å². The van der Waals surface area contributed by atoms with Gasteiger partial charge in [-0.1, -0.05) is 24.3 Å². The van der Waals surface area contributed by atoms with E-state index in [4.69, 9.17) is 4.74 Å². The number of carboxylic acids is 1. The highest BCUT2D eigenvalue weighted by atomic mass is 16.5. The highest BCUT2D eigenvalue weighted by molar-refractivity contribution is 5.94. The molecule has 6 heteroatoms. The minimum absolute atomic E-state index is 0.0794. The van der Waals surface area contributed by atoms with Gasteiger partial charge in [-0.05, 0) is 50.6 Å². The van der Waals surface area contributed by atoms with Gasteiger partial charge in [0.05, 0.1) is 5.41 Å². The lowest BCUT2D eigenvalue weighted by Gasteiger charge is -2.19. The summed E-state index contributed by atoms with van der Waals surface area (Å²) >= 11 is 0. The molecule has 0 atom stereocenters. The molecule has 0 aliphatic rings. The van der Waals surface area contributed by atoms with Gasteiger partial charge in [-0.25, -0.2) is 0 Å². The Hall–Kier alpha value is -3.15. The Labute approximate surface area is 151 Å². The lowest BCUT2D eigenvalue weighted by Crippen LogP contribution is -2.28. The van der Waals surface area contributed by atoms with Gasteiger partial charge in [0.2, 0.25) is 0 Å². The second-order valence-electron chi connectivity index (χ2n) is 6.43. The van der Waals surface area contributed by atoms with Gasteiger partial charge in [-0.2, -0.15) is 0 Å². The van der Waals surface area contributed by atoms with Crippen LogP contribution in [0.1, 0.15) is 36.7 Å². The normalized spacial score (nSPS) is 10.9. The van der Waals surface area contributed by atoms with E-state index >= 15 is 0 Å². The SMILES string of the molecule is CC(=O)c1cccc(OCC(=O)Nc2ccc(C(C)(C)C(=O)O)cc2)c1. The lowest BCUT2D eigenvalue weighted by atomic mass is 9.85. The van der Waals surface area contributed by atoms with Crippen LogP contribution >= 0.6 is 0 Å². The van der Waals surface area contributed by atoms with E-state index < -0.39 is 11.4 Å². The van der Waals surface area contributed by atoms with Crippen LogP contribution in [-0.4, -0.2) is 29.4 Å². The molecule has 26 heavy (non-hydrogen) atoms. The molecule has 0 aliphatic heterocycles. The van der Waals surface area contributed by atoms with Gasteiger partial charge in [0.15, 0.2) is 12.4 Å². The van der Waals surface area contributed by atoms with Crippen LogP contribution in [0.3, 0.4) is 0 Å². The average Bonchev–Trinajstić information content (AvgIpc) is 2.60. The maximum absolute atomic E-state index is 12.0. The Morgan fingerprint density at radius 2 is 1.73 bits per heavy atom. The zero-order chi connectivity index (χ0) is 19.3. The molecule has 0 fully saturated rings.